The van der Waals surface area contributed by atoms with Gasteiger partial charge in [0.2, 0.25) is 11.0 Å². The Hall–Kier alpha value is -1.37. The maximum atomic E-state index is 12.0. The number of thioether (sulfide) groups is 1. The first-order chi connectivity index (χ1) is 11.4. The van der Waals surface area contributed by atoms with E-state index in [0.29, 0.717) is 0 Å². The van der Waals surface area contributed by atoms with E-state index >= 15 is 0 Å². The van der Waals surface area contributed by atoms with E-state index in [1.807, 2.05) is 13.8 Å². The fourth-order valence-electron chi connectivity index (χ4n) is 2.10. The van der Waals surface area contributed by atoms with E-state index in [0.717, 1.165) is 35.5 Å². The third-order valence-corrected chi connectivity index (χ3v) is 6.04. The van der Waals surface area contributed by atoms with Gasteiger partial charge in [-0.15, -0.1) is 10.2 Å². The van der Waals surface area contributed by atoms with Gasteiger partial charge in [-0.05, 0) is 25.7 Å². The highest BCUT2D eigenvalue weighted by atomic mass is 32.2. The zero-order valence-corrected chi connectivity index (χ0v) is 15.8. The molecule has 1 aliphatic heterocycles. The molecule has 0 aliphatic carbocycles. The summed E-state index contributed by atoms with van der Waals surface area (Å²) >= 11 is 2.74. The molecule has 24 heavy (non-hydrogen) atoms. The number of hydrogen-bond acceptors (Lipinski definition) is 8. The maximum absolute atomic E-state index is 12.0. The maximum Gasteiger partial charge on any atom is 0.231 e. The van der Waals surface area contributed by atoms with Crippen LogP contribution in [0.3, 0.4) is 0 Å². The van der Waals surface area contributed by atoms with Crippen molar-refractivity contribution in [2.75, 3.05) is 24.2 Å². The Labute approximate surface area is 150 Å². The summed E-state index contributed by atoms with van der Waals surface area (Å²) in [6.45, 7) is 7.12. The van der Waals surface area contributed by atoms with Crippen LogP contribution in [0.4, 0.5) is 5.13 Å². The summed E-state index contributed by atoms with van der Waals surface area (Å²) in [5.74, 6) is 0.0677. The van der Waals surface area contributed by atoms with Crippen LogP contribution in [-0.2, 0) is 9.53 Å². The number of nitrogens with one attached hydrogen (secondary N) is 2. The van der Waals surface area contributed by atoms with Gasteiger partial charge >= 0.3 is 0 Å². The van der Waals surface area contributed by atoms with Gasteiger partial charge in [-0.3, -0.25) is 4.79 Å². The molecule has 1 aliphatic rings. The standard InChI is InChI=1S/C15H23N5O2S2/c1-10(2)15(3,9-16)18-12(21)8-23-14-20-19-13(24-14)17-7-11-5-4-6-22-11/h10-11H,4-8H2,1-3H3,(H,17,19)(H,18,21). The fraction of sp³-hybridized carbons (Fsp3) is 0.733. The van der Waals surface area contributed by atoms with Crippen LogP contribution in [0.15, 0.2) is 4.34 Å². The number of anilines is 1. The summed E-state index contributed by atoms with van der Waals surface area (Å²) in [5.41, 5.74) is -0.854. The number of hydrogen-bond donors (Lipinski definition) is 2. The highest BCUT2D eigenvalue weighted by Crippen LogP contribution is 2.26. The number of nitrogens with zero attached hydrogens (tertiary/aromatic N) is 3. The summed E-state index contributed by atoms with van der Waals surface area (Å²) in [4.78, 5) is 12.0. The number of rotatable bonds is 8. The highest BCUT2D eigenvalue weighted by Gasteiger charge is 2.29. The van der Waals surface area contributed by atoms with Crippen LogP contribution < -0.4 is 10.6 Å². The van der Waals surface area contributed by atoms with Gasteiger partial charge in [-0.2, -0.15) is 5.26 Å². The number of carbonyl (C=O) groups is 1. The zero-order valence-electron chi connectivity index (χ0n) is 14.2. The molecule has 2 heterocycles. The van der Waals surface area contributed by atoms with Gasteiger partial charge in [0.15, 0.2) is 4.34 Å². The average Bonchev–Trinajstić information content (AvgIpc) is 3.22. The SMILES string of the molecule is CC(C)C(C)(C#N)NC(=O)CSc1nnc(NCC2CCCO2)s1. The molecule has 1 amide bonds. The highest BCUT2D eigenvalue weighted by molar-refractivity contribution is 8.01. The van der Waals surface area contributed by atoms with E-state index in [9.17, 15) is 10.1 Å². The lowest BCUT2D eigenvalue weighted by Gasteiger charge is -2.27. The van der Waals surface area contributed by atoms with Gasteiger partial charge in [0.1, 0.15) is 5.54 Å². The summed E-state index contributed by atoms with van der Waals surface area (Å²) < 4.78 is 6.27. The van der Waals surface area contributed by atoms with Gasteiger partial charge in [0, 0.05) is 13.2 Å². The van der Waals surface area contributed by atoms with Crippen LogP contribution in [0.5, 0.6) is 0 Å². The van der Waals surface area contributed by atoms with Crippen LogP contribution in [-0.4, -0.2) is 46.7 Å². The minimum Gasteiger partial charge on any atom is -0.376 e. The van der Waals surface area contributed by atoms with E-state index in [1.54, 1.807) is 6.92 Å². The van der Waals surface area contributed by atoms with Crippen molar-refractivity contribution < 1.29 is 9.53 Å². The normalized spacial score (nSPS) is 19.7. The van der Waals surface area contributed by atoms with Crippen molar-refractivity contribution in [1.29, 1.82) is 5.26 Å². The average molecular weight is 370 g/mol. The lowest BCUT2D eigenvalue weighted by Crippen LogP contribution is -2.49. The largest absolute Gasteiger partial charge is 0.376 e. The predicted molar refractivity (Wildman–Crippen MR) is 95.1 cm³/mol. The Kier molecular flexibility index (Phi) is 6.83. The molecule has 7 nitrogen and oxygen atoms in total. The Balaban J connectivity index is 1.76. The van der Waals surface area contributed by atoms with Crippen molar-refractivity contribution in [2.45, 2.75) is 49.6 Å². The fourth-order valence-corrected chi connectivity index (χ4v) is 3.66. The van der Waals surface area contributed by atoms with E-state index < -0.39 is 5.54 Å². The molecule has 0 spiro atoms. The van der Waals surface area contributed by atoms with E-state index in [2.05, 4.69) is 26.9 Å². The second kappa shape index (κ2) is 8.65. The molecule has 0 bridgehead atoms. The second-order valence-corrected chi connectivity index (χ2v) is 8.39. The lowest BCUT2D eigenvalue weighted by molar-refractivity contribution is -0.120. The molecule has 0 radical (unpaired) electrons. The van der Waals surface area contributed by atoms with Gasteiger partial charge in [-0.1, -0.05) is 36.9 Å². The number of aromatic nitrogens is 2. The van der Waals surface area contributed by atoms with Crippen molar-refractivity contribution in [3.63, 3.8) is 0 Å². The molecule has 1 saturated heterocycles. The summed E-state index contributed by atoms with van der Waals surface area (Å²) in [5, 5.41) is 24.1. The molecule has 1 fully saturated rings. The Bertz CT molecular complexity index is 595. The smallest absolute Gasteiger partial charge is 0.231 e. The minimum atomic E-state index is -0.854. The lowest BCUT2D eigenvalue weighted by atomic mass is 9.90. The molecule has 132 valence electrons. The van der Waals surface area contributed by atoms with Crippen molar-refractivity contribution in [3.05, 3.63) is 0 Å². The molecular formula is C15H23N5O2S2. The Morgan fingerprint density at radius 2 is 2.38 bits per heavy atom. The van der Waals surface area contributed by atoms with Crippen molar-refractivity contribution in [2.24, 2.45) is 5.92 Å². The zero-order chi connectivity index (χ0) is 17.6. The van der Waals surface area contributed by atoms with Crippen LogP contribution in [0.1, 0.15) is 33.6 Å². The number of amides is 1. The molecule has 2 rings (SSSR count). The Morgan fingerprint density at radius 3 is 3.00 bits per heavy atom. The summed E-state index contributed by atoms with van der Waals surface area (Å²) in [6.07, 6.45) is 2.42. The molecule has 2 atom stereocenters. The summed E-state index contributed by atoms with van der Waals surface area (Å²) in [6, 6.07) is 2.17. The van der Waals surface area contributed by atoms with Gasteiger partial charge in [0.05, 0.1) is 17.9 Å². The van der Waals surface area contributed by atoms with E-state index in [4.69, 9.17) is 4.74 Å². The molecule has 1 aromatic rings. The number of ether oxygens (including phenoxy) is 1. The quantitative estimate of drug-likeness (QED) is 0.678. The van der Waals surface area contributed by atoms with Crippen LogP contribution in [0, 0.1) is 17.2 Å². The predicted octanol–water partition coefficient (Wildman–Crippen LogP) is 2.28. The van der Waals surface area contributed by atoms with E-state index in [-0.39, 0.29) is 23.7 Å². The molecule has 2 N–H and O–H groups in total. The number of carbonyl (C=O) groups excluding carboxylic acids is 1. The van der Waals surface area contributed by atoms with Gasteiger partial charge < -0.3 is 15.4 Å². The Morgan fingerprint density at radius 1 is 1.58 bits per heavy atom. The topological polar surface area (TPSA) is 99.9 Å². The first-order valence-corrected chi connectivity index (χ1v) is 9.77. The van der Waals surface area contributed by atoms with Gasteiger partial charge in [-0.25, -0.2) is 0 Å². The third-order valence-electron chi connectivity index (χ3n) is 4.02. The molecule has 0 aromatic carbocycles. The molecule has 1 aromatic heterocycles. The van der Waals surface area contributed by atoms with Crippen LogP contribution >= 0.6 is 23.1 Å². The molecule has 2 unspecified atom stereocenters. The number of nitriles is 1. The molecule has 0 saturated carbocycles. The first kappa shape index (κ1) is 19.0. The molecular weight excluding hydrogens is 346 g/mol. The monoisotopic (exact) mass is 369 g/mol. The van der Waals surface area contributed by atoms with Crippen molar-refractivity contribution >= 4 is 34.1 Å². The van der Waals surface area contributed by atoms with Gasteiger partial charge in [0.25, 0.3) is 0 Å². The van der Waals surface area contributed by atoms with E-state index in [1.165, 1.54) is 23.1 Å². The molecule has 9 heteroatoms. The third kappa shape index (κ3) is 5.33. The van der Waals surface area contributed by atoms with Crippen molar-refractivity contribution in [3.8, 4) is 6.07 Å². The van der Waals surface area contributed by atoms with Crippen LogP contribution in [0.2, 0.25) is 0 Å². The summed E-state index contributed by atoms with van der Waals surface area (Å²) in [7, 11) is 0. The second-order valence-electron chi connectivity index (χ2n) is 6.19. The van der Waals surface area contributed by atoms with Crippen LogP contribution in [0.25, 0.3) is 0 Å². The first-order valence-electron chi connectivity index (χ1n) is 7.97. The minimum absolute atomic E-state index is 0.0339. The van der Waals surface area contributed by atoms with Crippen molar-refractivity contribution in [1.82, 2.24) is 15.5 Å².